The van der Waals surface area contributed by atoms with Crippen molar-refractivity contribution >= 4 is 17.7 Å². The van der Waals surface area contributed by atoms with E-state index in [9.17, 15) is 0 Å². The Morgan fingerprint density at radius 2 is 1.38 bits per heavy atom. The fourth-order valence-corrected chi connectivity index (χ4v) is 0.854. The molecule has 0 saturated heterocycles. The molecule has 82 valence electrons. The Bertz CT molecular complexity index is 317. The number of hydrogen-bond acceptors (Lipinski definition) is 0. The molecule has 5 heteroatoms. The molecule has 0 aliphatic heterocycles. The van der Waals surface area contributed by atoms with E-state index in [4.69, 9.17) is 25.6 Å². The van der Waals surface area contributed by atoms with E-state index in [1.165, 1.54) is 0 Å². The van der Waals surface area contributed by atoms with Crippen LogP contribution < -0.4 is 0 Å². The van der Waals surface area contributed by atoms with Gasteiger partial charge in [-0.05, 0) is 11.6 Å². The Hall–Kier alpha value is -0.998. The van der Waals surface area contributed by atoms with E-state index in [1.807, 2.05) is 24.3 Å². The van der Waals surface area contributed by atoms with E-state index in [2.05, 4.69) is 26.5 Å². The summed E-state index contributed by atoms with van der Waals surface area (Å²) in [6.45, 7) is 17.1. The van der Waals surface area contributed by atoms with E-state index < -0.39 is 0 Å². The predicted molar refractivity (Wildman–Crippen MR) is 53.3 cm³/mol. The first-order valence-electron chi connectivity index (χ1n) is 3.33. The van der Waals surface area contributed by atoms with Crippen LogP contribution in [0.4, 0.5) is 0 Å². The predicted octanol–water partition coefficient (Wildman–Crippen LogP) is 2.87. The van der Waals surface area contributed by atoms with Crippen LogP contribution in [0, 0.1) is 20.0 Å². The van der Waals surface area contributed by atoms with Gasteiger partial charge < -0.3 is 0 Å². The third kappa shape index (κ3) is 13.0. The molecule has 0 atom stereocenters. The summed E-state index contributed by atoms with van der Waals surface area (Å²) in [7, 11) is 0. The fraction of sp³-hybridized carbons (Fsp3) is 0. The molecule has 1 rings (SSSR count). The zero-order chi connectivity index (χ0) is 12.7. The molecule has 0 saturated carbocycles. The van der Waals surface area contributed by atoms with Gasteiger partial charge in [-0.2, -0.15) is 0 Å². The molecule has 1 aromatic rings. The first-order chi connectivity index (χ1) is 7.34. The summed E-state index contributed by atoms with van der Waals surface area (Å²) in [6.07, 6.45) is 1.74. The quantitative estimate of drug-likeness (QED) is 0.558. The van der Waals surface area contributed by atoms with Crippen molar-refractivity contribution in [1.82, 2.24) is 0 Å². The first-order valence-corrected chi connectivity index (χ1v) is 3.70. The largest absolute Gasteiger partial charge is 0 e. The second-order valence-electron chi connectivity index (χ2n) is 1.73. The fourth-order valence-electron chi connectivity index (χ4n) is 0.641. The van der Waals surface area contributed by atoms with Crippen LogP contribution in [0.2, 0.25) is 5.02 Å². The summed E-state index contributed by atoms with van der Waals surface area (Å²) in [5, 5.41) is 0.757. The molecule has 0 aliphatic rings. The Kier molecular flexibility index (Phi) is 35.9. The Morgan fingerprint density at radius 3 is 1.62 bits per heavy atom. The maximum Gasteiger partial charge on any atom is 0 e. The van der Waals surface area contributed by atoms with Crippen molar-refractivity contribution in [3.63, 3.8) is 0 Å². The minimum atomic E-state index is 0. The first kappa shape index (κ1) is 24.3. The molecule has 16 heavy (non-hydrogen) atoms. The van der Waals surface area contributed by atoms with Crippen molar-refractivity contribution in [3.8, 4) is 0 Å². The molecule has 0 radical (unpaired) electrons. The molecule has 0 aromatic heterocycles. The molecule has 0 fully saturated rings. The van der Waals surface area contributed by atoms with E-state index >= 15 is 0 Å². The Balaban J connectivity index is -0.0000000900. The number of benzene rings is 1. The monoisotopic (exact) mass is 274 g/mol. The molecule has 0 amide bonds. The molecule has 0 aliphatic carbocycles. The molecule has 0 N–H and O–H groups in total. The van der Waals surface area contributed by atoms with Crippen molar-refractivity contribution in [2.75, 3.05) is 0 Å². The smallest absolute Gasteiger partial charge is 0 e. The molecular weight excluding hydrogens is 268 g/mol. The average molecular weight is 275 g/mol. The van der Waals surface area contributed by atoms with Crippen LogP contribution in [-0.2, 0) is 31.3 Å². The van der Waals surface area contributed by atoms with Gasteiger partial charge in [-0.15, -0.1) is 0 Å². The van der Waals surface area contributed by atoms with Gasteiger partial charge in [-0.1, -0.05) is 42.5 Å². The van der Waals surface area contributed by atoms with Gasteiger partial charge in [0.1, 0.15) is 0 Å². The maximum absolute atomic E-state index is 7.50. The van der Waals surface area contributed by atoms with Crippen molar-refractivity contribution < 1.29 is 31.3 Å². The molecule has 0 heterocycles. The number of rotatable bonds is 1. The van der Waals surface area contributed by atoms with Crippen molar-refractivity contribution in [3.05, 3.63) is 61.4 Å². The topological polar surface area (TPSA) is 59.7 Å². The number of hydrogen-bond donors (Lipinski definition) is 0. The maximum atomic E-state index is 7.50. The van der Waals surface area contributed by atoms with Crippen LogP contribution in [0.25, 0.3) is 6.08 Å². The van der Waals surface area contributed by atoms with Gasteiger partial charge in [0.05, 0.1) is 0 Å². The normalized spacial score (nSPS) is 5.44. The summed E-state index contributed by atoms with van der Waals surface area (Å²) < 4.78 is 22.5. The van der Waals surface area contributed by atoms with Crippen LogP contribution in [0.15, 0.2) is 30.8 Å². The summed E-state index contributed by atoms with van der Waals surface area (Å²) in [5.41, 5.74) is 0.985. The minimum Gasteiger partial charge on any atom is 0 e. The summed E-state index contributed by atoms with van der Waals surface area (Å²) in [6, 6.07) is 7.60. The average Bonchev–Trinajstić information content (AvgIpc) is 2.37. The van der Waals surface area contributed by atoms with E-state index in [1.54, 1.807) is 6.08 Å². The van der Waals surface area contributed by atoms with Gasteiger partial charge in [0.2, 0.25) is 0 Å². The molecular formula is C11H7ClCrO3. The molecule has 1 aromatic carbocycles. The molecule has 0 spiro atoms. The van der Waals surface area contributed by atoms with E-state index in [0.29, 0.717) is 0 Å². The van der Waals surface area contributed by atoms with Crippen molar-refractivity contribution in [2.24, 2.45) is 0 Å². The van der Waals surface area contributed by atoms with Crippen LogP contribution in [-0.4, -0.2) is 0 Å². The van der Waals surface area contributed by atoms with E-state index in [0.717, 1.165) is 10.6 Å². The summed E-state index contributed by atoms with van der Waals surface area (Å²) in [4.78, 5) is 0. The van der Waals surface area contributed by atoms with Gasteiger partial charge in [-0.3, -0.25) is 0 Å². The van der Waals surface area contributed by atoms with Crippen LogP contribution in [0.1, 0.15) is 5.56 Å². The summed E-state index contributed by atoms with van der Waals surface area (Å²) in [5.74, 6) is 0. The third-order valence-electron chi connectivity index (χ3n) is 1.13. The van der Waals surface area contributed by atoms with Crippen LogP contribution >= 0.6 is 11.6 Å². The molecule has 3 nitrogen and oxygen atoms in total. The molecule has 0 bridgehead atoms. The molecule has 0 unspecified atom stereocenters. The van der Waals surface area contributed by atoms with Gasteiger partial charge in [-0.25, -0.2) is 0 Å². The van der Waals surface area contributed by atoms with Gasteiger partial charge >= 0.3 is 33.9 Å². The minimum absolute atomic E-state index is 0. The van der Waals surface area contributed by atoms with Crippen LogP contribution in [0.5, 0.6) is 0 Å². The zero-order valence-electron chi connectivity index (χ0n) is 8.10. The second kappa shape index (κ2) is 23.7. The van der Waals surface area contributed by atoms with Crippen molar-refractivity contribution in [2.45, 2.75) is 0 Å². The standard InChI is InChI=1S/C8H7Cl.3CO.Cr/c1-2-7-5-3-4-6-8(7)9;3*1-2;/h2-6H,1H2;;;;. The summed E-state index contributed by atoms with van der Waals surface area (Å²) >= 11 is 5.75. The SMILES string of the molecule is C=Cc1ccccc1Cl.[C-]#[O+].[C-]#[O+].[C-]#[O+].[Cr]. The van der Waals surface area contributed by atoms with Gasteiger partial charge in [0.15, 0.2) is 0 Å². The van der Waals surface area contributed by atoms with Crippen molar-refractivity contribution in [1.29, 1.82) is 0 Å². The Labute approximate surface area is 110 Å². The second-order valence-corrected chi connectivity index (χ2v) is 2.13. The third-order valence-corrected chi connectivity index (χ3v) is 1.47. The van der Waals surface area contributed by atoms with Gasteiger partial charge in [0, 0.05) is 22.4 Å². The zero-order valence-corrected chi connectivity index (χ0v) is 10.1. The van der Waals surface area contributed by atoms with Gasteiger partial charge in [0.25, 0.3) is 0 Å². The Morgan fingerprint density at radius 1 is 1.00 bits per heavy atom. The van der Waals surface area contributed by atoms with E-state index in [-0.39, 0.29) is 17.4 Å². The van der Waals surface area contributed by atoms with Crippen LogP contribution in [0.3, 0.4) is 0 Å². The number of halogens is 1.